The molecule has 4 aromatic rings. The normalized spacial score (nSPS) is 10.6. The smallest absolute Gasteiger partial charge is 0.255 e. The van der Waals surface area contributed by atoms with Crippen molar-refractivity contribution in [3.63, 3.8) is 0 Å². The van der Waals surface area contributed by atoms with Crippen molar-refractivity contribution in [3.05, 3.63) is 88.2 Å². The third-order valence-electron chi connectivity index (χ3n) is 4.38. The van der Waals surface area contributed by atoms with E-state index in [1.165, 1.54) is 0 Å². The summed E-state index contributed by atoms with van der Waals surface area (Å²) in [6, 6.07) is 20.3. The minimum absolute atomic E-state index is 0.164. The first-order valence-corrected chi connectivity index (χ1v) is 10.1. The molecular formula is C22H19BrN6O. The molecule has 0 spiro atoms. The Hall–Kier alpha value is -3.52. The molecule has 0 atom stereocenters. The first-order valence-electron chi connectivity index (χ1n) is 9.29. The lowest BCUT2D eigenvalue weighted by molar-refractivity contribution is 0.102. The van der Waals surface area contributed by atoms with Gasteiger partial charge in [0.2, 0.25) is 0 Å². The molecule has 1 amide bonds. The Kier molecular flexibility index (Phi) is 5.58. The lowest BCUT2D eigenvalue weighted by atomic mass is 10.2. The standard InChI is InChI=1S/C22H19BrN6O/c1-14-12-15(2)29(28-14)21-11-10-20(26-27-21)24-18-6-8-19(9-7-18)25-22(30)16-4-3-5-17(23)13-16/h3-13H,1-2H3,(H,24,26)(H,25,30). The number of halogens is 1. The Morgan fingerprint density at radius 1 is 0.933 bits per heavy atom. The maximum Gasteiger partial charge on any atom is 0.255 e. The Morgan fingerprint density at radius 3 is 2.33 bits per heavy atom. The molecule has 2 aromatic heterocycles. The summed E-state index contributed by atoms with van der Waals surface area (Å²) in [4.78, 5) is 12.3. The topological polar surface area (TPSA) is 84.7 Å². The number of aromatic nitrogens is 4. The van der Waals surface area contributed by atoms with Gasteiger partial charge in [-0.3, -0.25) is 4.79 Å². The molecule has 7 nitrogen and oxygen atoms in total. The fourth-order valence-electron chi connectivity index (χ4n) is 2.98. The molecule has 0 aliphatic heterocycles. The Morgan fingerprint density at radius 2 is 1.70 bits per heavy atom. The summed E-state index contributed by atoms with van der Waals surface area (Å²) in [6.07, 6.45) is 0. The minimum Gasteiger partial charge on any atom is -0.339 e. The fraction of sp³-hybridized carbons (Fsp3) is 0.0909. The van der Waals surface area contributed by atoms with Gasteiger partial charge in [-0.1, -0.05) is 22.0 Å². The summed E-state index contributed by atoms with van der Waals surface area (Å²) in [5, 5.41) is 19.0. The molecule has 0 bridgehead atoms. The van der Waals surface area contributed by atoms with Crippen LogP contribution in [-0.2, 0) is 0 Å². The second kappa shape index (κ2) is 8.46. The lowest BCUT2D eigenvalue weighted by Crippen LogP contribution is -2.11. The number of hydrogen-bond donors (Lipinski definition) is 2. The van der Waals surface area contributed by atoms with Gasteiger partial charge in [0.1, 0.15) is 0 Å². The van der Waals surface area contributed by atoms with Crippen LogP contribution in [0.4, 0.5) is 17.2 Å². The largest absolute Gasteiger partial charge is 0.339 e. The lowest BCUT2D eigenvalue weighted by Gasteiger charge is -2.09. The highest BCUT2D eigenvalue weighted by atomic mass is 79.9. The van der Waals surface area contributed by atoms with E-state index in [1.54, 1.807) is 16.8 Å². The molecule has 0 aliphatic carbocycles. The van der Waals surface area contributed by atoms with E-state index in [4.69, 9.17) is 0 Å². The van der Waals surface area contributed by atoms with E-state index in [-0.39, 0.29) is 5.91 Å². The van der Waals surface area contributed by atoms with Crippen molar-refractivity contribution in [2.24, 2.45) is 0 Å². The number of carbonyl (C=O) groups excluding carboxylic acids is 1. The van der Waals surface area contributed by atoms with Gasteiger partial charge in [-0.2, -0.15) is 5.10 Å². The second-order valence-electron chi connectivity index (χ2n) is 6.78. The van der Waals surface area contributed by atoms with E-state index < -0.39 is 0 Å². The molecule has 4 rings (SSSR count). The number of nitrogens with zero attached hydrogens (tertiary/aromatic N) is 4. The van der Waals surface area contributed by atoms with Crippen molar-refractivity contribution < 1.29 is 4.79 Å². The van der Waals surface area contributed by atoms with Crippen LogP contribution in [0.1, 0.15) is 21.7 Å². The van der Waals surface area contributed by atoms with Crippen LogP contribution in [0, 0.1) is 13.8 Å². The highest BCUT2D eigenvalue weighted by Gasteiger charge is 2.08. The number of benzene rings is 2. The van der Waals surface area contributed by atoms with Crippen LogP contribution in [0.2, 0.25) is 0 Å². The van der Waals surface area contributed by atoms with E-state index in [0.29, 0.717) is 22.9 Å². The fourth-order valence-corrected chi connectivity index (χ4v) is 3.38. The predicted molar refractivity (Wildman–Crippen MR) is 120 cm³/mol. The molecule has 0 saturated heterocycles. The van der Waals surface area contributed by atoms with E-state index in [9.17, 15) is 4.79 Å². The zero-order valence-electron chi connectivity index (χ0n) is 16.4. The van der Waals surface area contributed by atoms with Crippen molar-refractivity contribution in [2.75, 3.05) is 10.6 Å². The predicted octanol–water partition coefficient (Wildman–Crippen LogP) is 5.04. The van der Waals surface area contributed by atoms with Gasteiger partial charge in [0, 0.05) is 27.1 Å². The summed E-state index contributed by atoms with van der Waals surface area (Å²) < 4.78 is 2.62. The second-order valence-corrected chi connectivity index (χ2v) is 7.70. The molecule has 0 aliphatic rings. The monoisotopic (exact) mass is 462 g/mol. The molecule has 0 fully saturated rings. The van der Waals surface area contributed by atoms with E-state index in [0.717, 1.165) is 21.5 Å². The molecule has 0 radical (unpaired) electrons. The van der Waals surface area contributed by atoms with Gasteiger partial charge in [-0.25, -0.2) is 4.68 Å². The van der Waals surface area contributed by atoms with Gasteiger partial charge < -0.3 is 10.6 Å². The zero-order chi connectivity index (χ0) is 21.1. The Bertz CT molecular complexity index is 1190. The maximum atomic E-state index is 12.3. The van der Waals surface area contributed by atoms with E-state index in [2.05, 4.69) is 41.9 Å². The number of rotatable bonds is 5. The van der Waals surface area contributed by atoms with Crippen LogP contribution in [0.15, 0.2) is 71.2 Å². The minimum atomic E-state index is -0.164. The Balaban J connectivity index is 1.41. The van der Waals surface area contributed by atoms with Gasteiger partial charge in [0.15, 0.2) is 11.6 Å². The quantitative estimate of drug-likeness (QED) is 0.433. The SMILES string of the molecule is Cc1cc(C)n(-c2ccc(Nc3ccc(NC(=O)c4cccc(Br)c4)cc3)nn2)n1. The van der Waals surface area contributed by atoms with Gasteiger partial charge in [-0.05, 0) is 74.5 Å². The van der Waals surface area contributed by atoms with Crippen LogP contribution in [-0.4, -0.2) is 25.9 Å². The van der Waals surface area contributed by atoms with Crippen LogP contribution in [0.5, 0.6) is 0 Å². The number of aryl methyl sites for hydroxylation is 2. The average Bonchev–Trinajstić information content (AvgIpc) is 3.08. The number of carbonyl (C=O) groups is 1. The summed E-state index contributed by atoms with van der Waals surface area (Å²) in [5.41, 5.74) is 4.07. The molecular weight excluding hydrogens is 444 g/mol. The summed E-state index contributed by atoms with van der Waals surface area (Å²) >= 11 is 3.37. The van der Waals surface area contributed by atoms with Crippen LogP contribution < -0.4 is 10.6 Å². The highest BCUT2D eigenvalue weighted by molar-refractivity contribution is 9.10. The van der Waals surface area contributed by atoms with Gasteiger partial charge in [-0.15, -0.1) is 10.2 Å². The molecule has 30 heavy (non-hydrogen) atoms. The van der Waals surface area contributed by atoms with Crippen molar-refractivity contribution in [3.8, 4) is 5.82 Å². The number of nitrogens with one attached hydrogen (secondary N) is 2. The Labute approximate surface area is 182 Å². The number of anilines is 3. The van der Waals surface area contributed by atoms with Crippen molar-refractivity contribution in [2.45, 2.75) is 13.8 Å². The third kappa shape index (κ3) is 4.55. The number of amides is 1. The molecule has 2 aromatic carbocycles. The van der Waals surface area contributed by atoms with Gasteiger partial charge in [0.25, 0.3) is 5.91 Å². The molecule has 0 unspecified atom stereocenters. The van der Waals surface area contributed by atoms with Gasteiger partial charge in [0.05, 0.1) is 5.69 Å². The summed E-state index contributed by atoms with van der Waals surface area (Å²) in [5.74, 6) is 1.12. The summed E-state index contributed by atoms with van der Waals surface area (Å²) in [7, 11) is 0. The number of hydrogen-bond acceptors (Lipinski definition) is 5. The van der Waals surface area contributed by atoms with E-state index in [1.807, 2.05) is 68.4 Å². The highest BCUT2D eigenvalue weighted by Crippen LogP contribution is 2.19. The average molecular weight is 463 g/mol. The zero-order valence-corrected chi connectivity index (χ0v) is 18.0. The van der Waals surface area contributed by atoms with Crippen LogP contribution in [0.3, 0.4) is 0 Å². The van der Waals surface area contributed by atoms with Crippen LogP contribution >= 0.6 is 15.9 Å². The molecule has 2 N–H and O–H groups in total. The van der Waals surface area contributed by atoms with Crippen LogP contribution in [0.25, 0.3) is 5.82 Å². The summed E-state index contributed by atoms with van der Waals surface area (Å²) in [6.45, 7) is 3.92. The first kappa shape index (κ1) is 19.8. The van der Waals surface area contributed by atoms with E-state index >= 15 is 0 Å². The van der Waals surface area contributed by atoms with Crippen molar-refractivity contribution >= 4 is 39.0 Å². The molecule has 2 heterocycles. The maximum absolute atomic E-state index is 12.3. The van der Waals surface area contributed by atoms with Crippen molar-refractivity contribution in [1.29, 1.82) is 0 Å². The van der Waals surface area contributed by atoms with Gasteiger partial charge >= 0.3 is 0 Å². The van der Waals surface area contributed by atoms with Crippen molar-refractivity contribution in [1.82, 2.24) is 20.0 Å². The molecule has 0 saturated carbocycles. The molecule has 150 valence electrons. The molecule has 8 heteroatoms. The first-order chi connectivity index (χ1) is 14.5. The third-order valence-corrected chi connectivity index (χ3v) is 4.87.